The second-order valence-corrected chi connectivity index (χ2v) is 13.8. The molecule has 2 aromatic carbocycles. The number of ether oxygens (including phenoxy) is 1. The number of aliphatic hydroxyl groups is 3. The van der Waals surface area contributed by atoms with Gasteiger partial charge in [0.2, 0.25) is 0 Å². The molecule has 210 valence electrons. The molecule has 4 aliphatic rings. The molecule has 3 unspecified atom stereocenters. The molecule has 3 saturated heterocycles. The van der Waals surface area contributed by atoms with E-state index in [1.807, 2.05) is 18.2 Å². The molecule has 3 atom stereocenters. The van der Waals surface area contributed by atoms with E-state index in [1.54, 1.807) is 12.1 Å². The van der Waals surface area contributed by atoms with Gasteiger partial charge in [0.25, 0.3) is 0 Å². The fourth-order valence-electron chi connectivity index (χ4n) is 6.73. The molecule has 1 saturated carbocycles. The van der Waals surface area contributed by atoms with Gasteiger partial charge in [0.15, 0.2) is 0 Å². The van der Waals surface area contributed by atoms with Crippen molar-refractivity contribution in [1.82, 2.24) is 3.53 Å². The van der Waals surface area contributed by atoms with Crippen LogP contribution >= 0.6 is 0 Å². The summed E-state index contributed by atoms with van der Waals surface area (Å²) in [5.41, 5.74) is 1.22. The van der Waals surface area contributed by atoms with Crippen molar-refractivity contribution in [3.8, 4) is 5.75 Å². The molecule has 3 aliphatic heterocycles. The van der Waals surface area contributed by atoms with E-state index in [0.29, 0.717) is 30.2 Å². The number of hydrogen-bond donors (Lipinski definition) is 5. The number of hydrogen-bond acceptors (Lipinski definition) is 6. The number of alkyl halides is 1. The Labute approximate surface area is 237 Å². The molecule has 6 rings (SSSR count). The second-order valence-electron chi connectivity index (χ2n) is 11.6. The normalized spacial score (nSPS) is 28.0. The molecule has 8 heteroatoms. The zero-order valence-electron chi connectivity index (χ0n) is 22.1. The number of aromatic hydroxyl groups is 1. The Morgan fingerprint density at radius 3 is 2.50 bits per heavy atom. The Bertz CT molecular complexity index is 1040. The molecule has 0 amide bonds. The van der Waals surface area contributed by atoms with Crippen molar-refractivity contribution >= 4 is 0 Å². The third-order valence-corrected chi connectivity index (χ3v) is 12.0. The summed E-state index contributed by atoms with van der Waals surface area (Å²) >= 11 is -0.314. The van der Waals surface area contributed by atoms with Crippen LogP contribution in [0, 0.1) is 11.8 Å². The summed E-state index contributed by atoms with van der Waals surface area (Å²) < 4.78 is 12.4. The van der Waals surface area contributed by atoms with Crippen molar-refractivity contribution in [2.24, 2.45) is 11.8 Å². The van der Waals surface area contributed by atoms with E-state index in [1.165, 1.54) is 44.8 Å². The van der Waals surface area contributed by atoms with Crippen molar-refractivity contribution in [3.05, 3.63) is 65.2 Å². The van der Waals surface area contributed by atoms with E-state index in [4.69, 9.17) is 4.74 Å². The Hall–Kier alpha value is -1.27. The maximum atomic E-state index is 11.9. The van der Waals surface area contributed by atoms with Gasteiger partial charge in [-0.1, -0.05) is 0 Å². The number of quaternary nitrogens is 1. The average Bonchev–Trinajstić information content (AvgIpc) is 3.51. The van der Waals surface area contributed by atoms with E-state index in [9.17, 15) is 20.4 Å². The van der Waals surface area contributed by atoms with Gasteiger partial charge in [-0.15, -0.1) is 0 Å². The quantitative estimate of drug-likeness (QED) is 0.0568. The molecule has 5 N–H and O–H groups in total. The number of phenols is 1. The van der Waals surface area contributed by atoms with Gasteiger partial charge in [0, 0.05) is 0 Å². The summed E-state index contributed by atoms with van der Waals surface area (Å²) in [6, 6.07) is 15.1. The van der Waals surface area contributed by atoms with E-state index in [2.05, 4.69) is 15.7 Å². The Kier molecular flexibility index (Phi) is 9.29. The average molecular weight is 639 g/mol. The van der Waals surface area contributed by atoms with Crippen molar-refractivity contribution < 1.29 is 51.1 Å². The maximum absolute atomic E-state index is 11.9. The van der Waals surface area contributed by atoms with Crippen LogP contribution in [0.3, 0.4) is 0 Å². The number of piperidine rings is 3. The van der Waals surface area contributed by atoms with Crippen molar-refractivity contribution in [2.45, 2.75) is 62.9 Å². The van der Waals surface area contributed by atoms with Gasteiger partial charge in [-0.2, -0.15) is 0 Å². The molecule has 7 nitrogen and oxygen atoms in total. The molecule has 2 aromatic rings. The van der Waals surface area contributed by atoms with Gasteiger partial charge in [0.05, 0.1) is 0 Å². The molecular formula is C30H43IN2O5. The number of nitrogens with zero attached hydrogens (tertiary/aromatic N) is 1. The number of benzene rings is 2. The van der Waals surface area contributed by atoms with Crippen LogP contribution in [-0.4, -0.2) is 68.4 Å². The van der Waals surface area contributed by atoms with Gasteiger partial charge < -0.3 is 0 Å². The van der Waals surface area contributed by atoms with E-state index >= 15 is 0 Å². The third-order valence-electron chi connectivity index (χ3n) is 9.20. The third kappa shape index (κ3) is 6.22. The van der Waals surface area contributed by atoms with E-state index < -0.39 is 11.7 Å². The van der Waals surface area contributed by atoms with Crippen LogP contribution in [0.2, 0.25) is 0 Å². The molecule has 0 radical (unpaired) electrons. The van der Waals surface area contributed by atoms with Crippen molar-refractivity contribution in [3.63, 3.8) is 0 Å². The molecular weight excluding hydrogens is 595 g/mol. The predicted octanol–water partition coefficient (Wildman–Crippen LogP) is 0.173. The summed E-state index contributed by atoms with van der Waals surface area (Å²) in [5.74, 6) is 0.898. The standard InChI is InChI=1S/C30H43IN2O5/c34-19-24-16-23(10-11-27(24)35)28(36)17-32-31-21-33-14-12-22(13-15-33)29(18-33)38-20-30(37,26-8-4-5-9-26)25-6-2-1-3-7-25/h1-3,6-7,10-11,16,22,26,28-29,32,34-37H,4-5,8-9,12-15,17-21H2. The fraction of sp³-hybridized carbons (Fsp3) is 0.600. The topological polar surface area (TPSA) is 102 Å². The number of halogens is 1. The molecule has 0 aromatic heterocycles. The Balaban J connectivity index is 1.15. The number of aliphatic hydroxyl groups excluding tert-OH is 2. The monoisotopic (exact) mass is 638 g/mol. The van der Waals surface area contributed by atoms with Crippen LogP contribution in [0.1, 0.15) is 61.3 Å². The van der Waals surface area contributed by atoms with Crippen LogP contribution in [0.25, 0.3) is 0 Å². The van der Waals surface area contributed by atoms with Crippen LogP contribution < -0.4 is 25.0 Å². The minimum absolute atomic E-state index is 0.0513. The Morgan fingerprint density at radius 2 is 1.79 bits per heavy atom. The van der Waals surface area contributed by atoms with Gasteiger partial charge in [-0.3, -0.25) is 0 Å². The molecule has 38 heavy (non-hydrogen) atoms. The van der Waals surface area contributed by atoms with Crippen molar-refractivity contribution in [1.29, 1.82) is 0 Å². The minimum atomic E-state index is -0.913. The summed E-state index contributed by atoms with van der Waals surface area (Å²) in [6.45, 7) is 4.00. The first kappa shape index (κ1) is 28.3. The predicted molar refractivity (Wildman–Crippen MR) is 141 cm³/mol. The number of rotatable bonds is 12. The first-order valence-corrected chi connectivity index (χ1v) is 16.7. The zero-order chi connectivity index (χ0) is 26.6. The Morgan fingerprint density at radius 1 is 1.05 bits per heavy atom. The number of nitrogens with one attached hydrogen (secondary N) is 1. The van der Waals surface area contributed by atoms with Crippen LogP contribution in [-0.2, 0) is 16.9 Å². The fourth-order valence-corrected chi connectivity index (χ4v) is 9.39. The summed E-state index contributed by atoms with van der Waals surface area (Å²) in [6.07, 6.45) is 6.39. The first-order chi connectivity index (χ1) is 18.4. The van der Waals surface area contributed by atoms with E-state index in [-0.39, 0.29) is 45.9 Å². The molecule has 1 aliphatic carbocycles. The van der Waals surface area contributed by atoms with Gasteiger partial charge >= 0.3 is 238 Å². The zero-order valence-corrected chi connectivity index (χ0v) is 24.3. The summed E-state index contributed by atoms with van der Waals surface area (Å²) in [5, 5.41) is 41.7. The second kappa shape index (κ2) is 12.5. The van der Waals surface area contributed by atoms with Crippen LogP contribution in [0.15, 0.2) is 48.5 Å². The molecule has 0 spiro atoms. The van der Waals surface area contributed by atoms with Gasteiger partial charge in [-0.25, -0.2) is 0 Å². The molecule has 3 heterocycles. The van der Waals surface area contributed by atoms with E-state index in [0.717, 1.165) is 34.0 Å². The molecule has 4 fully saturated rings. The van der Waals surface area contributed by atoms with Crippen LogP contribution in [0.4, 0.5) is 0 Å². The summed E-state index contributed by atoms with van der Waals surface area (Å²) in [4.78, 5) is 0. The van der Waals surface area contributed by atoms with Gasteiger partial charge in [-0.05, 0) is 0 Å². The molecule has 2 bridgehead atoms. The van der Waals surface area contributed by atoms with Gasteiger partial charge in [0.1, 0.15) is 0 Å². The van der Waals surface area contributed by atoms with Crippen LogP contribution in [0.5, 0.6) is 5.75 Å². The summed E-state index contributed by atoms with van der Waals surface area (Å²) in [7, 11) is 0. The first-order valence-electron chi connectivity index (χ1n) is 14.1. The number of fused-ring (bicyclic) bond motifs is 3. The SMILES string of the molecule is OCc1cc(C(O)CN[I-]C[N+]23CCC(CC2)C(OCC(O)(c2ccccc2)C2CCCC2)C3)ccc1O. The van der Waals surface area contributed by atoms with Crippen molar-refractivity contribution in [2.75, 3.05) is 37.3 Å².